The molecule has 0 amide bonds. The van der Waals surface area contributed by atoms with Gasteiger partial charge in [-0.1, -0.05) is 6.08 Å². The third-order valence-electron chi connectivity index (χ3n) is 1.65. The number of hydrogen-bond donors (Lipinski definition) is 1. The lowest BCUT2D eigenvalue weighted by Crippen LogP contribution is -1.89. The maximum absolute atomic E-state index is 9.29. The molecule has 0 aromatic heterocycles. The first-order chi connectivity index (χ1) is 4.79. The summed E-state index contributed by atoms with van der Waals surface area (Å²) < 4.78 is 5.07. The fourth-order valence-electron chi connectivity index (χ4n) is 0.936. The summed E-state index contributed by atoms with van der Waals surface area (Å²) >= 11 is 0. The van der Waals surface area contributed by atoms with Gasteiger partial charge in [-0.2, -0.15) is 0 Å². The molecule has 3 heteroatoms. The highest BCUT2D eigenvalue weighted by atomic mass is 31.2. The Labute approximate surface area is 62.8 Å². The minimum Gasteiger partial charge on any atom is -0.350 e. The summed E-state index contributed by atoms with van der Waals surface area (Å²) in [4.78, 5) is 9.29. The highest BCUT2D eigenvalue weighted by molar-refractivity contribution is 7.47. The lowest BCUT2D eigenvalue weighted by Gasteiger charge is -2.06. The van der Waals surface area contributed by atoms with Crippen molar-refractivity contribution in [1.82, 2.24) is 0 Å². The van der Waals surface area contributed by atoms with Crippen molar-refractivity contribution in [3.8, 4) is 0 Å². The molecule has 2 nitrogen and oxygen atoms in total. The molecule has 10 heavy (non-hydrogen) atoms. The molecule has 0 saturated heterocycles. The van der Waals surface area contributed by atoms with Gasteiger partial charge in [0.15, 0.2) is 8.38 Å². The average molecular weight is 160 g/mol. The van der Waals surface area contributed by atoms with Crippen LogP contribution in [-0.4, -0.2) is 17.2 Å². The molecule has 0 radical (unpaired) electrons. The predicted octanol–water partition coefficient (Wildman–Crippen LogP) is 1.90. The first-order valence-corrected chi connectivity index (χ1v) is 4.81. The van der Waals surface area contributed by atoms with Gasteiger partial charge in [0.25, 0.3) is 0 Å². The molecule has 1 aliphatic carbocycles. The Kier molecular flexibility index (Phi) is 2.84. The second-order valence-corrected chi connectivity index (χ2v) is 3.95. The van der Waals surface area contributed by atoms with E-state index < -0.39 is 8.38 Å². The van der Waals surface area contributed by atoms with E-state index in [1.165, 1.54) is 0 Å². The van der Waals surface area contributed by atoms with Crippen LogP contribution < -0.4 is 0 Å². The summed E-state index contributed by atoms with van der Waals surface area (Å²) in [6.45, 7) is 6.17. The van der Waals surface area contributed by atoms with Crippen molar-refractivity contribution in [3.05, 3.63) is 12.7 Å². The second-order valence-electron chi connectivity index (χ2n) is 2.42. The molecule has 58 valence electrons. The van der Waals surface area contributed by atoms with Crippen LogP contribution in [0.25, 0.3) is 0 Å². The van der Waals surface area contributed by atoms with Gasteiger partial charge in [0.1, 0.15) is 0 Å². The van der Waals surface area contributed by atoms with Crippen molar-refractivity contribution >= 4 is 8.38 Å². The topological polar surface area (TPSA) is 29.5 Å². The minimum absolute atomic E-state index is 0.382. The Morgan fingerprint density at radius 1 is 1.90 bits per heavy atom. The van der Waals surface area contributed by atoms with Crippen LogP contribution in [0.1, 0.15) is 13.3 Å². The maximum Gasteiger partial charge on any atom is 0.171 e. The first-order valence-electron chi connectivity index (χ1n) is 3.53. The van der Waals surface area contributed by atoms with Gasteiger partial charge >= 0.3 is 0 Å². The predicted molar refractivity (Wildman–Crippen MR) is 42.9 cm³/mol. The summed E-state index contributed by atoms with van der Waals surface area (Å²) in [5, 5.41) is 0. The lowest BCUT2D eigenvalue weighted by atomic mass is 10.4. The van der Waals surface area contributed by atoms with Crippen molar-refractivity contribution in [2.24, 2.45) is 5.92 Å². The van der Waals surface area contributed by atoms with Gasteiger partial charge in [-0.3, -0.25) is 0 Å². The third kappa shape index (κ3) is 1.79. The van der Waals surface area contributed by atoms with Crippen LogP contribution in [-0.2, 0) is 4.52 Å². The van der Waals surface area contributed by atoms with E-state index >= 15 is 0 Å². The zero-order chi connectivity index (χ0) is 7.56. The molecule has 1 unspecified atom stereocenters. The Hall–Kier alpha value is 0.0900. The monoisotopic (exact) mass is 160 g/mol. The molecule has 0 aliphatic heterocycles. The first kappa shape index (κ1) is 8.19. The van der Waals surface area contributed by atoms with Crippen LogP contribution in [0.5, 0.6) is 0 Å². The smallest absolute Gasteiger partial charge is 0.171 e. The molecule has 1 fully saturated rings. The highest BCUT2D eigenvalue weighted by Gasteiger charge is 2.41. The molecular formula is C7H13O2P. The molecule has 1 rings (SSSR count). The fourth-order valence-corrected chi connectivity index (χ4v) is 2.26. The van der Waals surface area contributed by atoms with Crippen molar-refractivity contribution in [3.63, 3.8) is 0 Å². The Morgan fingerprint density at radius 3 is 3.00 bits per heavy atom. The standard InChI is InChI=1S/C7H13O2P/c1-3-6-5-7(6)10(8)9-4-2/h3,6-8H,1,4-5H2,2H3/t6-,7+,10?/m1/s1. The quantitative estimate of drug-likeness (QED) is 0.502. The van der Waals surface area contributed by atoms with Gasteiger partial charge in [0.2, 0.25) is 0 Å². The zero-order valence-corrected chi connectivity index (χ0v) is 7.05. The van der Waals surface area contributed by atoms with E-state index in [1.54, 1.807) is 0 Å². The minimum atomic E-state index is -1.14. The molecule has 1 N–H and O–H groups in total. The summed E-state index contributed by atoms with van der Waals surface area (Å²) in [5.74, 6) is 0.516. The summed E-state index contributed by atoms with van der Waals surface area (Å²) in [7, 11) is -1.14. The van der Waals surface area contributed by atoms with Gasteiger partial charge in [0, 0.05) is 5.66 Å². The number of rotatable bonds is 4. The van der Waals surface area contributed by atoms with Crippen molar-refractivity contribution in [1.29, 1.82) is 0 Å². The van der Waals surface area contributed by atoms with E-state index in [2.05, 4.69) is 6.58 Å². The summed E-state index contributed by atoms with van der Waals surface area (Å²) in [6, 6.07) is 0. The van der Waals surface area contributed by atoms with Crippen LogP contribution >= 0.6 is 8.38 Å². The van der Waals surface area contributed by atoms with Crippen molar-refractivity contribution < 1.29 is 9.42 Å². The Morgan fingerprint density at radius 2 is 2.60 bits per heavy atom. The molecule has 0 spiro atoms. The molecule has 0 aromatic carbocycles. The van der Waals surface area contributed by atoms with E-state index in [4.69, 9.17) is 4.52 Å². The summed E-state index contributed by atoms with van der Waals surface area (Å²) in [6.07, 6.45) is 2.96. The third-order valence-corrected chi connectivity index (χ3v) is 3.34. The van der Waals surface area contributed by atoms with Gasteiger partial charge < -0.3 is 9.42 Å². The molecule has 0 aromatic rings. The van der Waals surface area contributed by atoms with Crippen LogP contribution in [0, 0.1) is 5.92 Å². The number of hydrogen-bond acceptors (Lipinski definition) is 2. The Balaban J connectivity index is 2.18. The molecule has 1 saturated carbocycles. The zero-order valence-electron chi connectivity index (χ0n) is 6.16. The second kappa shape index (κ2) is 3.47. The van der Waals surface area contributed by atoms with Gasteiger partial charge in [-0.05, 0) is 19.3 Å². The van der Waals surface area contributed by atoms with Crippen LogP contribution in [0.3, 0.4) is 0 Å². The molecule has 0 bridgehead atoms. The molecule has 1 aliphatic rings. The lowest BCUT2D eigenvalue weighted by molar-refractivity contribution is 0.328. The molecular weight excluding hydrogens is 147 g/mol. The van der Waals surface area contributed by atoms with E-state index in [0.717, 1.165) is 6.42 Å². The normalized spacial score (nSPS) is 33.4. The largest absolute Gasteiger partial charge is 0.350 e. The van der Waals surface area contributed by atoms with Crippen LogP contribution in [0.4, 0.5) is 0 Å². The maximum atomic E-state index is 9.29. The van der Waals surface area contributed by atoms with Crippen LogP contribution in [0.2, 0.25) is 0 Å². The Bertz CT molecular complexity index is 127. The van der Waals surface area contributed by atoms with E-state index in [1.807, 2.05) is 13.0 Å². The molecule has 0 heterocycles. The SMILES string of the molecule is C=C[C@@H]1C[C@@H]1P(O)OCC. The summed E-state index contributed by atoms with van der Waals surface area (Å²) in [5.41, 5.74) is 0.382. The van der Waals surface area contributed by atoms with E-state index in [0.29, 0.717) is 18.2 Å². The van der Waals surface area contributed by atoms with Crippen molar-refractivity contribution in [2.75, 3.05) is 6.61 Å². The molecule has 3 atom stereocenters. The van der Waals surface area contributed by atoms with Gasteiger partial charge in [-0.25, -0.2) is 0 Å². The average Bonchev–Trinajstić information content (AvgIpc) is 2.66. The van der Waals surface area contributed by atoms with Crippen LogP contribution in [0.15, 0.2) is 12.7 Å². The van der Waals surface area contributed by atoms with E-state index in [9.17, 15) is 4.89 Å². The van der Waals surface area contributed by atoms with Gasteiger partial charge in [0.05, 0.1) is 6.61 Å². The van der Waals surface area contributed by atoms with E-state index in [-0.39, 0.29) is 0 Å². The van der Waals surface area contributed by atoms with Gasteiger partial charge in [-0.15, -0.1) is 6.58 Å². The number of allylic oxidation sites excluding steroid dienone is 1. The fraction of sp³-hybridized carbons (Fsp3) is 0.714. The van der Waals surface area contributed by atoms with Crippen molar-refractivity contribution in [2.45, 2.75) is 19.0 Å². The highest BCUT2D eigenvalue weighted by Crippen LogP contribution is 2.55.